The van der Waals surface area contributed by atoms with Crippen molar-refractivity contribution in [3.8, 4) is 0 Å². The number of aromatic nitrogens is 1. The largest absolute Gasteiger partial charge is 0.457 e. The van der Waals surface area contributed by atoms with E-state index in [1.165, 1.54) is 6.07 Å². The van der Waals surface area contributed by atoms with Crippen LogP contribution in [0, 0.1) is 6.92 Å². The smallest absolute Gasteiger partial charge is 0.344 e. The lowest BCUT2D eigenvalue weighted by Gasteiger charge is -2.07. The summed E-state index contributed by atoms with van der Waals surface area (Å²) in [6.07, 6.45) is 0. The molecule has 0 aliphatic heterocycles. The molecule has 5 nitrogen and oxygen atoms in total. The van der Waals surface area contributed by atoms with Crippen LogP contribution in [-0.4, -0.2) is 10.6 Å². The molecule has 1 aromatic carbocycles. The zero-order valence-electron chi connectivity index (χ0n) is 10.5. The summed E-state index contributed by atoms with van der Waals surface area (Å²) in [5.41, 5.74) is 0.808. The van der Waals surface area contributed by atoms with Gasteiger partial charge in [0.2, 0.25) is 0 Å². The second-order valence-electron chi connectivity index (χ2n) is 4.13. The number of benzene rings is 1. The lowest BCUT2D eigenvalue weighted by atomic mass is 10.2. The third-order valence-corrected chi connectivity index (χ3v) is 2.75. The normalized spacial score (nSPS) is 10.2. The maximum Gasteiger partial charge on any atom is 0.344 e. The molecular weight excluding hydrogens is 244 g/mol. The number of hydrogen-bond donors (Lipinski definition) is 1. The molecule has 2 aromatic rings. The van der Waals surface area contributed by atoms with Crippen LogP contribution in [0.25, 0.3) is 0 Å². The van der Waals surface area contributed by atoms with Crippen molar-refractivity contribution in [2.45, 2.75) is 13.5 Å². The molecule has 0 fully saturated rings. The Hall–Kier alpha value is -2.56. The van der Waals surface area contributed by atoms with E-state index in [1.54, 1.807) is 13.0 Å². The number of pyridine rings is 1. The summed E-state index contributed by atoms with van der Waals surface area (Å²) in [5.74, 6) is 4.85. The minimum absolute atomic E-state index is 0.0657. The summed E-state index contributed by atoms with van der Waals surface area (Å²) < 4.78 is 6.01. The monoisotopic (exact) mass is 258 g/mol. The zero-order chi connectivity index (χ0) is 13.8. The Labute approximate surface area is 110 Å². The van der Waals surface area contributed by atoms with Crippen molar-refractivity contribution in [2.75, 3.05) is 5.84 Å². The molecule has 0 saturated heterocycles. The number of carbonyl (C=O) groups excluding carboxylic acids is 1. The van der Waals surface area contributed by atoms with Gasteiger partial charge >= 0.3 is 5.97 Å². The first kappa shape index (κ1) is 12.9. The maximum atomic E-state index is 11.8. The second-order valence-corrected chi connectivity index (χ2v) is 4.13. The summed E-state index contributed by atoms with van der Waals surface area (Å²) in [5, 5.41) is 0. The second kappa shape index (κ2) is 5.39. The van der Waals surface area contributed by atoms with Gasteiger partial charge in [-0.25, -0.2) is 9.47 Å². The van der Waals surface area contributed by atoms with Crippen molar-refractivity contribution in [3.05, 3.63) is 69.6 Å². The highest BCUT2D eigenvalue weighted by molar-refractivity contribution is 5.88. The van der Waals surface area contributed by atoms with Crippen LogP contribution in [0.15, 0.2) is 47.3 Å². The van der Waals surface area contributed by atoms with E-state index in [1.807, 2.05) is 30.3 Å². The molecule has 0 amide bonds. The summed E-state index contributed by atoms with van der Waals surface area (Å²) >= 11 is 0. The van der Waals surface area contributed by atoms with E-state index in [0.29, 0.717) is 5.69 Å². The van der Waals surface area contributed by atoms with Gasteiger partial charge < -0.3 is 10.6 Å². The molecule has 1 aromatic heterocycles. The third kappa shape index (κ3) is 2.82. The fraction of sp³-hybridized carbons (Fsp3) is 0.143. The van der Waals surface area contributed by atoms with E-state index in [9.17, 15) is 9.59 Å². The fourth-order valence-electron chi connectivity index (χ4n) is 1.60. The molecule has 2 N–H and O–H groups in total. The third-order valence-electron chi connectivity index (χ3n) is 2.75. The van der Waals surface area contributed by atoms with Gasteiger partial charge in [-0.1, -0.05) is 30.3 Å². The van der Waals surface area contributed by atoms with Gasteiger partial charge in [-0.15, -0.1) is 0 Å². The van der Waals surface area contributed by atoms with Crippen molar-refractivity contribution in [1.29, 1.82) is 0 Å². The molecule has 98 valence electrons. The van der Waals surface area contributed by atoms with E-state index < -0.39 is 11.5 Å². The zero-order valence-corrected chi connectivity index (χ0v) is 10.5. The van der Waals surface area contributed by atoms with Crippen LogP contribution in [0.4, 0.5) is 0 Å². The molecule has 1 heterocycles. The Balaban J connectivity index is 2.13. The Morgan fingerprint density at radius 3 is 2.58 bits per heavy atom. The highest BCUT2D eigenvalue weighted by Crippen LogP contribution is 2.04. The highest BCUT2D eigenvalue weighted by atomic mass is 16.5. The van der Waals surface area contributed by atoms with Crippen LogP contribution in [-0.2, 0) is 11.3 Å². The van der Waals surface area contributed by atoms with E-state index in [0.717, 1.165) is 10.2 Å². The summed E-state index contributed by atoms with van der Waals surface area (Å²) in [6, 6.07) is 12.3. The quantitative estimate of drug-likeness (QED) is 0.663. The number of aryl methyl sites for hydroxylation is 1. The molecule has 0 aliphatic carbocycles. The molecular formula is C14H14N2O3. The Kier molecular flexibility index (Phi) is 3.66. The molecule has 0 atom stereocenters. The summed E-state index contributed by atoms with van der Waals surface area (Å²) in [6.45, 7) is 1.80. The minimum atomic E-state index is -0.673. The molecule has 0 saturated carbocycles. The van der Waals surface area contributed by atoms with Crippen LogP contribution in [0.5, 0.6) is 0 Å². The first-order valence-electron chi connectivity index (χ1n) is 5.78. The standard InChI is InChI=1S/C14H14N2O3/c1-10-7-8-12(13(17)16(10)15)14(18)19-9-11-5-3-2-4-6-11/h2-8H,9,15H2,1H3. The van der Waals surface area contributed by atoms with E-state index in [-0.39, 0.29) is 12.2 Å². The van der Waals surface area contributed by atoms with E-state index >= 15 is 0 Å². The van der Waals surface area contributed by atoms with Gasteiger partial charge in [0.25, 0.3) is 5.56 Å². The lowest BCUT2D eigenvalue weighted by molar-refractivity contribution is 0.0470. The van der Waals surface area contributed by atoms with Crippen LogP contribution in [0.3, 0.4) is 0 Å². The minimum Gasteiger partial charge on any atom is -0.457 e. The summed E-state index contributed by atoms with van der Waals surface area (Å²) in [7, 11) is 0. The number of hydrogen-bond acceptors (Lipinski definition) is 4. The van der Waals surface area contributed by atoms with Gasteiger partial charge in [0.05, 0.1) is 0 Å². The molecule has 0 unspecified atom stereocenters. The molecule has 0 bridgehead atoms. The molecule has 5 heteroatoms. The number of nitrogens with two attached hydrogens (primary N) is 1. The van der Waals surface area contributed by atoms with Gasteiger partial charge in [0.1, 0.15) is 12.2 Å². The van der Waals surface area contributed by atoms with Crippen LogP contribution >= 0.6 is 0 Å². The number of rotatable bonds is 3. The van der Waals surface area contributed by atoms with Gasteiger partial charge in [0, 0.05) is 5.69 Å². The van der Waals surface area contributed by atoms with E-state index in [2.05, 4.69) is 0 Å². The van der Waals surface area contributed by atoms with Gasteiger partial charge in [-0.2, -0.15) is 0 Å². The van der Waals surface area contributed by atoms with Crippen molar-refractivity contribution in [3.63, 3.8) is 0 Å². The Morgan fingerprint density at radius 1 is 1.21 bits per heavy atom. The number of ether oxygens (including phenoxy) is 1. The van der Waals surface area contributed by atoms with Crippen molar-refractivity contribution >= 4 is 5.97 Å². The average Bonchev–Trinajstić information content (AvgIpc) is 2.43. The first-order chi connectivity index (χ1) is 9.09. The number of nitrogen functional groups attached to an aromatic ring is 1. The number of nitrogens with zero attached hydrogens (tertiary/aromatic N) is 1. The topological polar surface area (TPSA) is 74.3 Å². The van der Waals surface area contributed by atoms with Crippen LogP contribution in [0.2, 0.25) is 0 Å². The molecule has 2 rings (SSSR count). The SMILES string of the molecule is Cc1ccc(C(=O)OCc2ccccc2)c(=O)n1N. The highest BCUT2D eigenvalue weighted by Gasteiger charge is 2.14. The fourth-order valence-corrected chi connectivity index (χ4v) is 1.60. The summed E-state index contributed by atoms with van der Waals surface area (Å²) in [4.78, 5) is 23.6. The first-order valence-corrected chi connectivity index (χ1v) is 5.78. The van der Waals surface area contributed by atoms with Crippen LogP contribution < -0.4 is 11.4 Å². The Morgan fingerprint density at radius 2 is 1.89 bits per heavy atom. The predicted molar refractivity (Wildman–Crippen MR) is 71.2 cm³/mol. The molecule has 19 heavy (non-hydrogen) atoms. The predicted octanol–water partition coefficient (Wildman–Crippen LogP) is 1.23. The van der Waals surface area contributed by atoms with Crippen molar-refractivity contribution < 1.29 is 9.53 Å². The lowest BCUT2D eigenvalue weighted by Crippen LogP contribution is -2.33. The van der Waals surface area contributed by atoms with Crippen LogP contribution in [0.1, 0.15) is 21.6 Å². The molecule has 0 spiro atoms. The van der Waals surface area contributed by atoms with Gasteiger partial charge in [0.15, 0.2) is 0 Å². The molecule has 0 aliphatic rings. The maximum absolute atomic E-state index is 11.8. The van der Waals surface area contributed by atoms with E-state index in [4.69, 9.17) is 10.6 Å². The Bertz CT molecular complexity index is 647. The average molecular weight is 258 g/mol. The number of carbonyl (C=O) groups is 1. The van der Waals surface area contributed by atoms with Gasteiger partial charge in [-0.05, 0) is 24.6 Å². The number of esters is 1. The van der Waals surface area contributed by atoms with Gasteiger partial charge in [-0.3, -0.25) is 4.79 Å². The molecule has 0 radical (unpaired) electrons. The van der Waals surface area contributed by atoms with Crippen molar-refractivity contribution in [1.82, 2.24) is 4.68 Å². The van der Waals surface area contributed by atoms with Crippen molar-refractivity contribution in [2.24, 2.45) is 0 Å².